The lowest BCUT2D eigenvalue weighted by molar-refractivity contribution is -0.127. The fourth-order valence-electron chi connectivity index (χ4n) is 1.70. The largest absolute Gasteiger partial charge is 0.379 e. The molecular weight excluding hydrogens is 220 g/mol. The molecule has 1 rings (SSSR count). The predicted octanol–water partition coefficient (Wildman–Crippen LogP) is 1.96. The highest BCUT2D eigenvalue weighted by Gasteiger charge is 2.36. The minimum Gasteiger partial charge on any atom is -0.379 e. The van der Waals surface area contributed by atoms with E-state index in [1.807, 2.05) is 0 Å². The lowest BCUT2D eigenvalue weighted by Gasteiger charge is -2.17. The van der Waals surface area contributed by atoms with Gasteiger partial charge in [-0.25, -0.2) is 0 Å². The third-order valence-electron chi connectivity index (χ3n) is 2.81. The molecule has 1 aliphatic rings. The highest BCUT2D eigenvalue weighted by atomic mass is 16.6. The molecule has 2 atom stereocenters. The van der Waals surface area contributed by atoms with Gasteiger partial charge >= 0.3 is 0 Å². The number of carbonyl (C=O) groups is 1. The Morgan fingerprint density at radius 3 is 2.65 bits per heavy atom. The third kappa shape index (κ3) is 5.15. The summed E-state index contributed by atoms with van der Waals surface area (Å²) in [6, 6.07) is 0. The van der Waals surface area contributed by atoms with Crippen LogP contribution in [0.2, 0.25) is 0 Å². The molecule has 0 aliphatic carbocycles. The average Bonchev–Trinajstić information content (AvgIpc) is 2.67. The molecule has 0 amide bonds. The molecule has 0 aromatic rings. The van der Waals surface area contributed by atoms with E-state index in [0.29, 0.717) is 13.2 Å². The van der Waals surface area contributed by atoms with E-state index in [0.717, 1.165) is 32.3 Å². The Morgan fingerprint density at radius 1 is 1.24 bits per heavy atom. The smallest absolute Gasteiger partial charge is 0.189 e. The number of ether oxygens (including phenoxy) is 3. The molecule has 1 saturated heterocycles. The van der Waals surface area contributed by atoms with E-state index in [1.165, 1.54) is 0 Å². The highest BCUT2D eigenvalue weighted by Crippen LogP contribution is 2.15. The standard InChI is InChI=1S/C13H24O4/c1-3-5-7-15-10-12-13(11(14)9-17-12)16-8-6-4-2/h12-13H,3-10H2,1-2H3/t12-,13+/m1/s1. The molecule has 0 bridgehead atoms. The van der Waals surface area contributed by atoms with Gasteiger partial charge in [-0.3, -0.25) is 4.79 Å². The van der Waals surface area contributed by atoms with E-state index in [9.17, 15) is 4.79 Å². The molecule has 0 aromatic carbocycles. The summed E-state index contributed by atoms with van der Waals surface area (Å²) in [6.07, 6.45) is 3.58. The topological polar surface area (TPSA) is 44.8 Å². The summed E-state index contributed by atoms with van der Waals surface area (Å²) in [5.41, 5.74) is 0. The van der Waals surface area contributed by atoms with Gasteiger partial charge in [-0.05, 0) is 12.8 Å². The maximum Gasteiger partial charge on any atom is 0.189 e. The quantitative estimate of drug-likeness (QED) is 0.582. The Labute approximate surface area is 104 Å². The van der Waals surface area contributed by atoms with Crippen molar-refractivity contribution in [2.45, 2.75) is 51.7 Å². The van der Waals surface area contributed by atoms with Crippen molar-refractivity contribution in [3.63, 3.8) is 0 Å². The van der Waals surface area contributed by atoms with Crippen molar-refractivity contribution < 1.29 is 19.0 Å². The normalized spacial score (nSPS) is 24.5. The first-order valence-corrected chi connectivity index (χ1v) is 6.63. The van der Waals surface area contributed by atoms with Crippen molar-refractivity contribution in [1.29, 1.82) is 0 Å². The maximum atomic E-state index is 11.6. The van der Waals surface area contributed by atoms with E-state index in [2.05, 4.69) is 13.8 Å². The first-order chi connectivity index (χ1) is 8.29. The Hall–Kier alpha value is -0.450. The molecule has 0 aromatic heterocycles. The van der Waals surface area contributed by atoms with Gasteiger partial charge in [0.2, 0.25) is 0 Å². The summed E-state index contributed by atoms with van der Waals surface area (Å²) in [5, 5.41) is 0. The van der Waals surface area contributed by atoms with Crippen LogP contribution in [0.5, 0.6) is 0 Å². The summed E-state index contributed by atoms with van der Waals surface area (Å²) in [6.45, 7) is 6.20. The Morgan fingerprint density at radius 2 is 1.94 bits per heavy atom. The van der Waals surface area contributed by atoms with Crippen LogP contribution in [0.25, 0.3) is 0 Å². The van der Waals surface area contributed by atoms with Crippen molar-refractivity contribution in [3.8, 4) is 0 Å². The monoisotopic (exact) mass is 244 g/mol. The lowest BCUT2D eigenvalue weighted by Crippen LogP contribution is -2.34. The third-order valence-corrected chi connectivity index (χ3v) is 2.81. The fourth-order valence-corrected chi connectivity index (χ4v) is 1.70. The molecule has 100 valence electrons. The van der Waals surface area contributed by atoms with Crippen LogP contribution in [-0.4, -0.2) is 44.4 Å². The summed E-state index contributed by atoms with van der Waals surface area (Å²) in [5.74, 6) is 0.0465. The zero-order valence-corrected chi connectivity index (χ0v) is 10.9. The summed E-state index contributed by atoms with van der Waals surface area (Å²) in [7, 11) is 0. The van der Waals surface area contributed by atoms with Gasteiger partial charge in [-0.1, -0.05) is 26.7 Å². The van der Waals surface area contributed by atoms with Crippen LogP contribution in [0, 0.1) is 0 Å². The molecule has 4 heteroatoms. The van der Waals surface area contributed by atoms with Crippen LogP contribution in [0.15, 0.2) is 0 Å². The SMILES string of the molecule is CCCCOC[C@H]1OCC(=O)[C@@H]1OCCCC. The van der Waals surface area contributed by atoms with E-state index >= 15 is 0 Å². The van der Waals surface area contributed by atoms with E-state index in [4.69, 9.17) is 14.2 Å². The lowest BCUT2D eigenvalue weighted by atomic mass is 10.2. The molecule has 17 heavy (non-hydrogen) atoms. The van der Waals surface area contributed by atoms with Crippen LogP contribution >= 0.6 is 0 Å². The fraction of sp³-hybridized carbons (Fsp3) is 0.923. The van der Waals surface area contributed by atoms with Crippen molar-refractivity contribution in [2.75, 3.05) is 26.4 Å². The second-order valence-electron chi connectivity index (χ2n) is 4.39. The molecule has 0 unspecified atom stereocenters. The van der Waals surface area contributed by atoms with Gasteiger partial charge in [-0.15, -0.1) is 0 Å². The summed E-state index contributed by atoms with van der Waals surface area (Å²) in [4.78, 5) is 11.6. The van der Waals surface area contributed by atoms with Crippen molar-refractivity contribution in [2.24, 2.45) is 0 Å². The minimum absolute atomic E-state index is 0.0465. The van der Waals surface area contributed by atoms with Crippen molar-refractivity contribution in [1.82, 2.24) is 0 Å². The van der Waals surface area contributed by atoms with Crippen LogP contribution in [0.3, 0.4) is 0 Å². The molecule has 1 aliphatic heterocycles. The molecule has 0 spiro atoms. The first kappa shape index (κ1) is 14.6. The van der Waals surface area contributed by atoms with Crippen molar-refractivity contribution >= 4 is 5.78 Å². The van der Waals surface area contributed by atoms with Gasteiger partial charge in [0.15, 0.2) is 5.78 Å². The van der Waals surface area contributed by atoms with Crippen molar-refractivity contribution in [3.05, 3.63) is 0 Å². The maximum absolute atomic E-state index is 11.6. The number of hydrogen-bond acceptors (Lipinski definition) is 4. The second-order valence-corrected chi connectivity index (χ2v) is 4.39. The highest BCUT2D eigenvalue weighted by molar-refractivity contribution is 5.86. The molecule has 0 N–H and O–H groups in total. The zero-order valence-electron chi connectivity index (χ0n) is 10.9. The van der Waals surface area contributed by atoms with Gasteiger partial charge in [0.25, 0.3) is 0 Å². The Balaban J connectivity index is 2.23. The first-order valence-electron chi connectivity index (χ1n) is 6.63. The van der Waals surface area contributed by atoms with Gasteiger partial charge < -0.3 is 14.2 Å². The number of Topliss-reactive ketones (excluding diaryl/α,β-unsaturated/α-hetero) is 1. The van der Waals surface area contributed by atoms with Crippen LogP contribution in [0.1, 0.15) is 39.5 Å². The van der Waals surface area contributed by atoms with E-state index in [1.54, 1.807) is 0 Å². The van der Waals surface area contributed by atoms with E-state index < -0.39 is 6.10 Å². The Kier molecular flexibility index (Phi) is 7.40. The van der Waals surface area contributed by atoms with Gasteiger partial charge in [0.1, 0.15) is 18.8 Å². The molecule has 0 saturated carbocycles. The van der Waals surface area contributed by atoms with Crippen LogP contribution in [-0.2, 0) is 19.0 Å². The number of carbonyl (C=O) groups excluding carboxylic acids is 1. The second kappa shape index (κ2) is 8.61. The molecule has 4 nitrogen and oxygen atoms in total. The predicted molar refractivity (Wildman–Crippen MR) is 65.1 cm³/mol. The number of rotatable bonds is 9. The summed E-state index contributed by atoms with van der Waals surface area (Å²) >= 11 is 0. The number of hydrogen-bond donors (Lipinski definition) is 0. The molecule has 1 fully saturated rings. The van der Waals surface area contributed by atoms with Crippen LogP contribution < -0.4 is 0 Å². The molecule has 1 heterocycles. The van der Waals surface area contributed by atoms with Gasteiger partial charge in [-0.2, -0.15) is 0 Å². The minimum atomic E-state index is -0.414. The molecular formula is C13H24O4. The zero-order chi connectivity index (χ0) is 12.5. The summed E-state index contributed by atoms with van der Waals surface area (Å²) < 4.78 is 16.4. The number of ketones is 1. The number of unbranched alkanes of at least 4 members (excludes halogenated alkanes) is 2. The molecule has 0 radical (unpaired) electrons. The average molecular weight is 244 g/mol. The van der Waals surface area contributed by atoms with Gasteiger partial charge in [0.05, 0.1) is 6.61 Å². The Bertz CT molecular complexity index is 217. The van der Waals surface area contributed by atoms with Gasteiger partial charge in [0, 0.05) is 13.2 Å². The van der Waals surface area contributed by atoms with E-state index in [-0.39, 0.29) is 18.5 Å². The van der Waals surface area contributed by atoms with Crippen LogP contribution in [0.4, 0.5) is 0 Å².